The minimum atomic E-state index is 0.109. The van der Waals surface area contributed by atoms with Crippen LogP contribution >= 0.6 is 0 Å². The van der Waals surface area contributed by atoms with Gasteiger partial charge in [-0.2, -0.15) is 0 Å². The molecule has 3 nitrogen and oxygen atoms in total. The van der Waals surface area contributed by atoms with Gasteiger partial charge in [-0.3, -0.25) is 4.90 Å². The Balaban J connectivity index is 2.04. The quantitative estimate of drug-likeness (QED) is 0.733. The van der Waals surface area contributed by atoms with Crippen molar-refractivity contribution in [1.82, 2.24) is 4.90 Å². The first-order valence-corrected chi connectivity index (χ1v) is 7.24. The van der Waals surface area contributed by atoms with E-state index in [2.05, 4.69) is 37.7 Å². The molecule has 3 rings (SSSR count). The first-order chi connectivity index (χ1) is 9.61. The Morgan fingerprint density at radius 1 is 1.35 bits per heavy atom. The average Bonchev–Trinajstić information content (AvgIpc) is 2.45. The third-order valence-corrected chi connectivity index (χ3v) is 4.23. The Bertz CT molecular complexity index is 546. The molecule has 0 radical (unpaired) electrons. The summed E-state index contributed by atoms with van der Waals surface area (Å²) in [6.07, 6.45) is 5.58. The van der Waals surface area contributed by atoms with Gasteiger partial charge in [0, 0.05) is 23.2 Å². The Hall–Kier alpha value is -1.50. The summed E-state index contributed by atoms with van der Waals surface area (Å²) >= 11 is 0. The highest BCUT2D eigenvalue weighted by Crippen LogP contribution is 2.42. The molecular formula is C17H21NO2. The molecule has 2 heterocycles. The number of morpholine rings is 1. The number of nitrogens with zero attached hydrogens (tertiary/aromatic N) is 1. The molecule has 3 heteroatoms. The summed E-state index contributed by atoms with van der Waals surface area (Å²) in [7, 11) is 0. The smallest absolute Gasteiger partial charge is 0.125 e. The third-order valence-electron chi connectivity index (χ3n) is 4.23. The van der Waals surface area contributed by atoms with Gasteiger partial charge < -0.3 is 9.47 Å². The molecule has 2 aliphatic heterocycles. The van der Waals surface area contributed by atoms with Gasteiger partial charge in [-0.05, 0) is 32.9 Å². The van der Waals surface area contributed by atoms with E-state index in [1.54, 1.807) is 0 Å². The molecule has 1 saturated heterocycles. The van der Waals surface area contributed by atoms with Crippen LogP contribution in [0.4, 0.5) is 0 Å². The molecular weight excluding hydrogens is 250 g/mol. The van der Waals surface area contributed by atoms with Gasteiger partial charge in [-0.15, -0.1) is 6.42 Å². The molecule has 0 amide bonds. The number of hydrogen-bond donors (Lipinski definition) is 0. The van der Waals surface area contributed by atoms with Crippen LogP contribution in [0.3, 0.4) is 0 Å². The lowest BCUT2D eigenvalue weighted by Crippen LogP contribution is -2.56. The van der Waals surface area contributed by atoms with Crippen LogP contribution in [-0.2, 0) is 4.74 Å². The number of fused-ring (bicyclic) bond motifs is 3. The molecule has 1 aromatic carbocycles. The van der Waals surface area contributed by atoms with Crippen molar-refractivity contribution in [3.63, 3.8) is 0 Å². The minimum absolute atomic E-state index is 0.109. The summed E-state index contributed by atoms with van der Waals surface area (Å²) in [5.41, 5.74) is 2.06. The lowest BCUT2D eigenvalue weighted by atomic mass is 9.91. The van der Waals surface area contributed by atoms with Gasteiger partial charge in [0.2, 0.25) is 0 Å². The molecule has 106 valence electrons. The zero-order chi connectivity index (χ0) is 14.3. The van der Waals surface area contributed by atoms with Gasteiger partial charge in [0.1, 0.15) is 18.5 Å². The fourth-order valence-corrected chi connectivity index (χ4v) is 3.40. The maximum absolute atomic E-state index is 5.98. The molecule has 0 N–H and O–H groups in total. The zero-order valence-electron chi connectivity index (χ0n) is 12.3. The number of ether oxygens (including phenoxy) is 2. The van der Waals surface area contributed by atoms with E-state index in [1.807, 2.05) is 12.1 Å². The third kappa shape index (κ3) is 2.09. The van der Waals surface area contributed by atoms with Gasteiger partial charge in [0.15, 0.2) is 0 Å². The molecule has 3 unspecified atom stereocenters. The maximum Gasteiger partial charge on any atom is 0.125 e. The Morgan fingerprint density at radius 3 is 2.85 bits per heavy atom. The summed E-state index contributed by atoms with van der Waals surface area (Å²) in [5, 5.41) is 0. The summed E-state index contributed by atoms with van der Waals surface area (Å²) in [6, 6.07) is 7.19. The zero-order valence-corrected chi connectivity index (χ0v) is 12.3. The second-order valence-electron chi connectivity index (χ2n) is 5.91. The monoisotopic (exact) mass is 271 g/mol. The van der Waals surface area contributed by atoms with Crippen LogP contribution in [-0.4, -0.2) is 36.3 Å². The van der Waals surface area contributed by atoms with Gasteiger partial charge in [-0.1, -0.05) is 12.0 Å². The van der Waals surface area contributed by atoms with E-state index >= 15 is 0 Å². The predicted octanol–water partition coefficient (Wildman–Crippen LogP) is 2.60. The second kappa shape index (κ2) is 5.12. The Morgan fingerprint density at radius 2 is 2.15 bits per heavy atom. The lowest BCUT2D eigenvalue weighted by Gasteiger charge is -2.49. The highest BCUT2D eigenvalue weighted by atomic mass is 16.5. The van der Waals surface area contributed by atoms with Crippen molar-refractivity contribution >= 4 is 0 Å². The molecule has 1 aromatic rings. The summed E-state index contributed by atoms with van der Waals surface area (Å²) in [5.74, 6) is 3.57. The number of terminal acetylenes is 1. The van der Waals surface area contributed by atoms with Crippen LogP contribution in [0.1, 0.15) is 37.9 Å². The largest absolute Gasteiger partial charge is 0.490 e. The fourth-order valence-electron chi connectivity index (χ4n) is 3.40. The van der Waals surface area contributed by atoms with Crippen LogP contribution in [0, 0.1) is 12.3 Å². The topological polar surface area (TPSA) is 21.7 Å². The van der Waals surface area contributed by atoms with E-state index in [0.29, 0.717) is 18.7 Å². The van der Waals surface area contributed by atoms with Crippen molar-refractivity contribution < 1.29 is 9.47 Å². The summed E-state index contributed by atoms with van der Waals surface area (Å²) in [6.45, 7) is 8.07. The maximum atomic E-state index is 5.98. The molecule has 0 aliphatic carbocycles. The summed E-state index contributed by atoms with van der Waals surface area (Å²) < 4.78 is 11.8. The van der Waals surface area contributed by atoms with E-state index in [9.17, 15) is 0 Å². The Labute approximate surface area is 120 Å². The predicted molar refractivity (Wildman–Crippen MR) is 78.8 cm³/mol. The van der Waals surface area contributed by atoms with Crippen LogP contribution < -0.4 is 4.74 Å². The molecule has 1 fully saturated rings. The van der Waals surface area contributed by atoms with E-state index in [0.717, 1.165) is 17.9 Å². The van der Waals surface area contributed by atoms with Gasteiger partial charge in [0.25, 0.3) is 0 Å². The molecule has 0 bridgehead atoms. The van der Waals surface area contributed by atoms with Crippen molar-refractivity contribution in [3.05, 3.63) is 29.3 Å². The van der Waals surface area contributed by atoms with Crippen molar-refractivity contribution in [2.75, 3.05) is 13.2 Å². The summed E-state index contributed by atoms with van der Waals surface area (Å²) in [4.78, 5) is 2.53. The van der Waals surface area contributed by atoms with Crippen LogP contribution in [0.5, 0.6) is 5.75 Å². The van der Waals surface area contributed by atoms with E-state index in [-0.39, 0.29) is 12.1 Å². The standard InChI is InChI=1S/C17H21NO2/c1-5-13-6-7-14-15(8-13)20-10-16-17(14)18(11(2)3)12(4)9-19-16/h1,6-8,11-12,16-17H,9-10H2,2-4H3. The minimum Gasteiger partial charge on any atom is -0.490 e. The number of benzene rings is 1. The van der Waals surface area contributed by atoms with Gasteiger partial charge in [0.05, 0.1) is 12.6 Å². The molecule has 0 saturated carbocycles. The van der Waals surface area contributed by atoms with Crippen molar-refractivity contribution in [3.8, 4) is 18.1 Å². The first-order valence-electron chi connectivity index (χ1n) is 7.24. The van der Waals surface area contributed by atoms with E-state index in [4.69, 9.17) is 15.9 Å². The van der Waals surface area contributed by atoms with Crippen molar-refractivity contribution in [2.24, 2.45) is 0 Å². The van der Waals surface area contributed by atoms with Gasteiger partial charge in [-0.25, -0.2) is 0 Å². The van der Waals surface area contributed by atoms with Crippen LogP contribution in [0.15, 0.2) is 18.2 Å². The fraction of sp³-hybridized carbons (Fsp3) is 0.529. The SMILES string of the molecule is C#Cc1ccc2c(c1)OCC1OCC(C)N(C(C)C)C21. The number of rotatable bonds is 1. The normalized spacial score (nSPS) is 29.2. The molecule has 0 spiro atoms. The number of hydrogen-bond acceptors (Lipinski definition) is 3. The van der Waals surface area contributed by atoms with Crippen LogP contribution in [0.2, 0.25) is 0 Å². The van der Waals surface area contributed by atoms with Crippen LogP contribution in [0.25, 0.3) is 0 Å². The van der Waals surface area contributed by atoms with E-state index in [1.165, 1.54) is 5.56 Å². The molecule has 0 aromatic heterocycles. The lowest BCUT2D eigenvalue weighted by molar-refractivity contribution is -0.133. The highest BCUT2D eigenvalue weighted by Gasteiger charge is 2.42. The van der Waals surface area contributed by atoms with Gasteiger partial charge >= 0.3 is 0 Å². The Kier molecular flexibility index (Phi) is 3.45. The average molecular weight is 271 g/mol. The first kappa shape index (κ1) is 13.5. The van der Waals surface area contributed by atoms with Crippen molar-refractivity contribution in [1.29, 1.82) is 0 Å². The highest BCUT2D eigenvalue weighted by molar-refractivity contribution is 5.46. The molecule has 20 heavy (non-hydrogen) atoms. The van der Waals surface area contributed by atoms with E-state index < -0.39 is 0 Å². The second-order valence-corrected chi connectivity index (χ2v) is 5.91. The molecule has 3 atom stereocenters. The molecule has 2 aliphatic rings. The van der Waals surface area contributed by atoms with Crippen molar-refractivity contribution in [2.45, 2.75) is 45.0 Å².